The normalized spacial score (nSPS) is 15.0. The summed E-state index contributed by atoms with van der Waals surface area (Å²) in [5, 5.41) is 2.87. The Hall–Kier alpha value is -2.82. The average Bonchev–Trinajstić information content (AvgIpc) is 2.76. The van der Waals surface area contributed by atoms with Gasteiger partial charge in [0.05, 0.1) is 18.9 Å². The molecule has 0 aromatic heterocycles. The third-order valence-electron chi connectivity index (χ3n) is 4.65. The predicted molar refractivity (Wildman–Crippen MR) is 98.2 cm³/mol. The molecule has 0 atom stereocenters. The number of rotatable bonds is 4. The number of hydrogen-bond donors (Lipinski definition) is 1. The van der Waals surface area contributed by atoms with Crippen LogP contribution in [0.4, 0.5) is 11.4 Å². The molecule has 0 aliphatic carbocycles. The second-order valence-corrected chi connectivity index (χ2v) is 6.80. The van der Waals surface area contributed by atoms with Gasteiger partial charge in [-0.2, -0.15) is 0 Å². The summed E-state index contributed by atoms with van der Waals surface area (Å²) in [7, 11) is 3.37. The topological polar surface area (TPSA) is 58.6 Å². The lowest BCUT2D eigenvalue weighted by Gasteiger charge is -2.16. The van der Waals surface area contributed by atoms with Crippen molar-refractivity contribution in [3.05, 3.63) is 53.6 Å². The van der Waals surface area contributed by atoms with Gasteiger partial charge in [-0.3, -0.25) is 9.59 Å². The van der Waals surface area contributed by atoms with Crippen molar-refractivity contribution in [2.24, 2.45) is 0 Å². The minimum Gasteiger partial charge on any atom is -0.497 e. The first-order valence-corrected chi connectivity index (χ1v) is 8.18. The zero-order valence-electron chi connectivity index (χ0n) is 14.9. The number of benzene rings is 2. The van der Waals surface area contributed by atoms with Gasteiger partial charge in [0, 0.05) is 24.5 Å². The van der Waals surface area contributed by atoms with Crippen molar-refractivity contribution in [1.29, 1.82) is 0 Å². The third-order valence-corrected chi connectivity index (χ3v) is 4.65. The number of nitrogens with one attached hydrogen (secondary N) is 1. The predicted octanol–water partition coefficient (Wildman–Crippen LogP) is 3.13. The molecule has 1 aliphatic heterocycles. The minimum absolute atomic E-state index is 0.0699. The molecule has 2 aromatic carbocycles. The van der Waals surface area contributed by atoms with Gasteiger partial charge in [-0.05, 0) is 43.2 Å². The molecule has 5 heteroatoms. The summed E-state index contributed by atoms with van der Waals surface area (Å²) in [6.45, 7) is 3.83. The van der Waals surface area contributed by atoms with E-state index in [-0.39, 0.29) is 18.2 Å². The molecule has 1 heterocycles. The lowest BCUT2D eigenvalue weighted by Crippen LogP contribution is -2.33. The van der Waals surface area contributed by atoms with E-state index in [2.05, 4.69) is 5.32 Å². The van der Waals surface area contributed by atoms with Crippen LogP contribution in [0.5, 0.6) is 5.75 Å². The van der Waals surface area contributed by atoms with Crippen LogP contribution in [0.1, 0.15) is 25.0 Å². The van der Waals surface area contributed by atoms with Crippen LogP contribution in [0.2, 0.25) is 0 Å². The van der Waals surface area contributed by atoms with E-state index < -0.39 is 5.41 Å². The van der Waals surface area contributed by atoms with Crippen molar-refractivity contribution in [2.75, 3.05) is 24.4 Å². The number of amides is 2. The van der Waals surface area contributed by atoms with E-state index in [0.29, 0.717) is 11.4 Å². The van der Waals surface area contributed by atoms with Crippen molar-refractivity contribution in [2.45, 2.75) is 25.7 Å². The van der Waals surface area contributed by atoms with Crippen molar-refractivity contribution in [3.63, 3.8) is 0 Å². The molecule has 0 bridgehead atoms. The molecule has 1 N–H and O–H groups in total. The SMILES string of the molecule is COc1cccc(NC(=O)Cc2ccc3c(c2)C(C)(C)C(=O)N3C)c1. The van der Waals surface area contributed by atoms with Gasteiger partial charge < -0.3 is 15.0 Å². The van der Waals surface area contributed by atoms with Gasteiger partial charge >= 0.3 is 0 Å². The molecular weight excluding hydrogens is 316 g/mol. The number of carbonyl (C=O) groups excluding carboxylic acids is 2. The Labute approximate surface area is 147 Å². The van der Waals surface area contributed by atoms with Gasteiger partial charge in [-0.15, -0.1) is 0 Å². The van der Waals surface area contributed by atoms with E-state index in [1.807, 2.05) is 50.2 Å². The largest absolute Gasteiger partial charge is 0.497 e. The molecule has 3 rings (SSSR count). The minimum atomic E-state index is -0.566. The summed E-state index contributed by atoms with van der Waals surface area (Å²) in [4.78, 5) is 26.4. The maximum atomic E-state index is 12.4. The summed E-state index contributed by atoms with van der Waals surface area (Å²) in [6.07, 6.45) is 0.248. The van der Waals surface area contributed by atoms with Crippen LogP contribution in [0.15, 0.2) is 42.5 Å². The van der Waals surface area contributed by atoms with Gasteiger partial charge in [0.2, 0.25) is 11.8 Å². The van der Waals surface area contributed by atoms with E-state index in [4.69, 9.17) is 4.74 Å². The lowest BCUT2D eigenvalue weighted by atomic mass is 9.85. The highest BCUT2D eigenvalue weighted by Gasteiger charge is 2.42. The highest BCUT2D eigenvalue weighted by Crippen LogP contribution is 2.41. The number of hydrogen-bond acceptors (Lipinski definition) is 3. The Morgan fingerprint density at radius 2 is 1.96 bits per heavy atom. The molecule has 0 saturated carbocycles. The fourth-order valence-corrected chi connectivity index (χ4v) is 3.22. The van der Waals surface area contributed by atoms with Crippen LogP contribution in [0.3, 0.4) is 0 Å². The third kappa shape index (κ3) is 3.09. The second kappa shape index (κ2) is 6.24. The molecule has 1 aliphatic rings. The molecule has 0 spiro atoms. The average molecular weight is 338 g/mol. The summed E-state index contributed by atoms with van der Waals surface area (Å²) in [5.41, 5.74) is 2.89. The van der Waals surface area contributed by atoms with E-state index in [0.717, 1.165) is 16.8 Å². The molecule has 2 amide bonds. The monoisotopic (exact) mass is 338 g/mol. The maximum Gasteiger partial charge on any atom is 0.236 e. The molecule has 130 valence electrons. The fraction of sp³-hybridized carbons (Fsp3) is 0.300. The molecule has 25 heavy (non-hydrogen) atoms. The van der Waals surface area contributed by atoms with E-state index in [9.17, 15) is 9.59 Å². The number of ether oxygens (including phenoxy) is 1. The van der Waals surface area contributed by atoms with E-state index in [1.54, 1.807) is 25.1 Å². The van der Waals surface area contributed by atoms with E-state index >= 15 is 0 Å². The fourth-order valence-electron chi connectivity index (χ4n) is 3.22. The highest BCUT2D eigenvalue weighted by atomic mass is 16.5. The molecule has 2 aromatic rings. The Morgan fingerprint density at radius 1 is 1.20 bits per heavy atom. The smallest absolute Gasteiger partial charge is 0.236 e. The van der Waals surface area contributed by atoms with Gasteiger partial charge in [0.15, 0.2) is 0 Å². The van der Waals surface area contributed by atoms with Crippen molar-refractivity contribution in [1.82, 2.24) is 0 Å². The summed E-state index contributed by atoms with van der Waals surface area (Å²) >= 11 is 0. The first-order valence-electron chi connectivity index (χ1n) is 8.18. The Bertz CT molecular complexity index is 843. The number of carbonyl (C=O) groups is 2. The van der Waals surface area contributed by atoms with Crippen LogP contribution in [0.25, 0.3) is 0 Å². The van der Waals surface area contributed by atoms with Crippen LogP contribution in [0, 0.1) is 0 Å². The van der Waals surface area contributed by atoms with Crippen molar-refractivity contribution < 1.29 is 14.3 Å². The summed E-state index contributed by atoms with van der Waals surface area (Å²) < 4.78 is 5.16. The van der Waals surface area contributed by atoms with Gasteiger partial charge in [0.1, 0.15) is 5.75 Å². The van der Waals surface area contributed by atoms with Crippen LogP contribution in [-0.4, -0.2) is 26.0 Å². The number of nitrogens with zero attached hydrogens (tertiary/aromatic N) is 1. The number of methoxy groups -OCH3 is 1. The highest BCUT2D eigenvalue weighted by molar-refractivity contribution is 6.07. The standard InChI is InChI=1S/C20H22N2O3/c1-20(2)16-10-13(8-9-17(16)22(3)19(20)24)11-18(23)21-14-6-5-7-15(12-14)25-4/h5-10,12H,11H2,1-4H3,(H,21,23). The Morgan fingerprint density at radius 3 is 2.68 bits per heavy atom. The van der Waals surface area contributed by atoms with Crippen LogP contribution in [-0.2, 0) is 21.4 Å². The lowest BCUT2D eigenvalue weighted by molar-refractivity contribution is -0.121. The van der Waals surface area contributed by atoms with Crippen molar-refractivity contribution in [3.8, 4) is 5.75 Å². The Kier molecular flexibility index (Phi) is 4.25. The molecule has 5 nitrogen and oxygen atoms in total. The molecule has 0 unspecified atom stereocenters. The zero-order valence-corrected chi connectivity index (χ0v) is 14.9. The van der Waals surface area contributed by atoms with Crippen molar-refractivity contribution >= 4 is 23.2 Å². The maximum absolute atomic E-state index is 12.4. The number of anilines is 2. The van der Waals surface area contributed by atoms with Crippen LogP contribution < -0.4 is 15.0 Å². The second-order valence-electron chi connectivity index (χ2n) is 6.80. The molecular formula is C20H22N2O3. The summed E-state index contributed by atoms with van der Waals surface area (Å²) in [6, 6.07) is 13.0. The summed E-state index contributed by atoms with van der Waals surface area (Å²) in [5.74, 6) is 0.655. The number of likely N-dealkylation sites (N-methyl/N-ethyl adjacent to an activating group) is 1. The van der Waals surface area contributed by atoms with Gasteiger partial charge in [-0.1, -0.05) is 18.2 Å². The molecule has 0 radical (unpaired) electrons. The quantitative estimate of drug-likeness (QED) is 0.932. The van der Waals surface area contributed by atoms with Gasteiger partial charge in [-0.25, -0.2) is 0 Å². The van der Waals surface area contributed by atoms with Gasteiger partial charge in [0.25, 0.3) is 0 Å². The first-order chi connectivity index (χ1) is 11.8. The molecule has 0 fully saturated rings. The Balaban J connectivity index is 1.77. The molecule has 0 saturated heterocycles. The van der Waals surface area contributed by atoms with Crippen LogP contribution >= 0.6 is 0 Å². The zero-order chi connectivity index (χ0) is 18.2. The van der Waals surface area contributed by atoms with E-state index in [1.165, 1.54) is 0 Å². The first kappa shape index (κ1) is 17.0. The number of fused-ring (bicyclic) bond motifs is 1.